The van der Waals surface area contributed by atoms with Crippen LogP contribution in [0.3, 0.4) is 0 Å². The number of ether oxygens (including phenoxy) is 3. The van der Waals surface area contributed by atoms with Gasteiger partial charge in [0.25, 0.3) is 11.7 Å². The van der Waals surface area contributed by atoms with Gasteiger partial charge in [-0.15, -0.1) is 0 Å². The van der Waals surface area contributed by atoms with Crippen molar-refractivity contribution in [3.05, 3.63) is 120 Å². The number of hydrogen-bond acceptors (Lipinski definition) is 7. The zero-order valence-corrected chi connectivity index (χ0v) is 21.4. The highest BCUT2D eigenvalue weighted by atomic mass is 16.5. The van der Waals surface area contributed by atoms with Gasteiger partial charge in [0.15, 0.2) is 0 Å². The van der Waals surface area contributed by atoms with E-state index in [1.54, 1.807) is 66.9 Å². The standard InChI is InChI=1S/C31H26N2O6/c1-37-24-12-8-13-25(38-2)26(24)29(34)27-28(23-11-6-7-18-32-23)33(31(36)30(27)35)21-14-16-22(17-15-21)39-19-20-9-4-3-5-10-20/h3-18,28,34H,19H2,1-2H3/b29-27+. The second kappa shape index (κ2) is 11.1. The van der Waals surface area contributed by atoms with Crippen LogP contribution in [-0.2, 0) is 16.2 Å². The van der Waals surface area contributed by atoms with Crippen LogP contribution in [0.15, 0.2) is 103 Å². The van der Waals surface area contributed by atoms with Gasteiger partial charge >= 0.3 is 0 Å². The first-order valence-electron chi connectivity index (χ1n) is 12.2. The van der Waals surface area contributed by atoms with Crippen molar-refractivity contribution in [1.29, 1.82) is 0 Å². The third-order valence-electron chi connectivity index (χ3n) is 6.44. The normalized spacial score (nSPS) is 16.3. The number of anilines is 1. The fourth-order valence-electron chi connectivity index (χ4n) is 4.58. The van der Waals surface area contributed by atoms with Crippen molar-refractivity contribution in [3.63, 3.8) is 0 Å². The van der Waals surface area contributed by atoms with Crippen molar-refractivity contribution < 1.29 is 28.9 Å². The van der Waals surface area contributed by atoms with Gasteiger partial charge in [0.05, 0.1) is 25.5 Å². The lowest BCUT2D eigenvalue weighted by Gasteiger charge is -2.25. The van der Waals surface area contributed by atoms with Crippen LogP contribution in [0.5, 0.6) is 17.2 Å². The molecule has 0 radical (unpaired) electrons. The van der Waals surface area contributed by atoms with Crippen LogP contribution in [0.1, 0.15) is 22.9 Å². The number of aliphatic hydroxyl groups excluding tert-OH is 1. The molecule has 8 heteroatoms. The summed E-state index contributed by atoms with van der Waals surface area (Å²) in [5.74, 6) is -0.869. The Morgan fingerprint density at radius 2 is 1.51 bits per heavy atom. The first kappa shape index (κ1) is 25.5. The number of Topliss-reactive ketones (excluding diaryl/α,β-unsaturated/α-hetero) is 1. The van der Waals surface area contributed by atoms with E-state index >= 15 is 0 Å². The van der Waals surface area contributed by atoms with Crippen molar-refractivity contribution in [3.8, 4) is 17.2 Å². The third kappa shape index (κ3) is 4.92. The summed E-state index contributed by atoms with van der Waals surface area (Å²) in [6, 6.07) is 25.8. The molecule has 1 N–H and O–H groups in total. The van der Waals surface area contributed by atoms with Gasteiger partial charge in [0, 0.05) is 11.9 Å². The van der Waals surface area contributed by atoms with Crippen LogP contribution < -0.4 is 19.1 Å². The number of pyridine rings is 1. The second-order valence-electron chi connectivity index (χ2n) is 8.73. The monoisotopic (exact) mass is 522 g/mol. The molecule has 1 aliphatic heterocycles. The zero-order chi connectivity index (χ0) is 27.4. The van der Waals surface area contributed by atoms with Gasteiger partial charge in [-0.1, -0.05) is 42.5 Å². The van der Waals surface area contributed by atoms with E-state index in [1.807, 2.05) is 30.3 Å². The third-order valence-corrected chi connectivity index (χ3v) is 6.44. The maximum Gasteiger partial charge on any atom is 0.300 e. The largest absolute Gasteiger partial charge is 0.506 e. The topological polar surface area (TPSA) is 98.2 Å². The van der Waals surface area contributed by atoms with Gasteiger partial charge in [-0.25, -0.2) is 0 Å². The molecule has 2 heterocycles. The second-order valence-corrected chi connectivity index (χ2v) is 8.73. The van der Waals surface area contributed by atoms with Crippen LogP contribution in [0, 0.1) is 0 Å². The summed E-state index contributed by atoms with van der Waals surface area (Å²) in [6.45, 7) is 0.388. The molecule has 5 rings (SSSR count). The lowest BCUT2D eigenvalue weighted by Crippen LogP contribution is -2.29. The number of carbonyl (C=O) groups excluding carboxylic acids is 2. The Morgan fingerprint density at radius 1 is 0.846 bits per heavy atom. The lowest BCUT2D eigenvalue weighted by molar-refractivity contribution is -0.132. The smallest absolute Gasteiger partial charge is 0.300 e. The Balaban J connectivity index is 1.57. The molecule has 1 saturated heterocycles. The van der Waals surface area contributed by atoms with Crippen molar-refractivity contribution in [2.24, 2.45) is 0 Å². The molecule has 1 amide bonds. The van der Waals surface area contributed by atoms with E-state index in [0.717, 1.165) is 5.56 Å². The molecule has 0 aliphatic carbocycles. The number of aliphatic hydroxyl groups is 1. The highest BCUT2D eigenvalue weighted by Gasteiger charge is 2.48. The summed E-state index contributed by atoms with van der Waals surface area (Å²) in [5, 5.41) is 11.5. The molecule has 0 bridgehead atoms. The summed E-state index contributed by atoms with van der Waals surface area (Å²) in [7, 11) is 2.89. The van der Waals surface area contributed by atoms with Gasteiger partial charge in [-0.05, 0) is 54.1 Å². The number of benzene rings is 3. The maximum absolute atomic E-state index is 13.5. The van der Waals surface area contributed by atoms with Gasteiger partial charge < -0.3 is 19.3 Å². The Morgan fingerprint density at radius 3 is 2.13 bits per heavy atom. The number of methoxy groups -OCH3 is 2. The molecule has 0 saturated carbocycles. The Labute approximate surface area is 225 Å². The highest BCUT2D eigenvalue weighted by molar-refractivity contribution is 6.51. The van der Waals surface area contributed by atoms with Crippen molar-refractivity contribution in [2.45, 2.75) is 12.6 Å². The molecule has 1 fully saturated rings. The molecular formula is C31H26N2O6. The van der Waals surface area contributed by atoms with E-state index in [-0.39, 0.29) is 22.6 Å². The fourth-order valence-corrected chi connectivity index (χ4v) is 4.58. The summed E-state index contributed by atoms with van der Waals surface area (Å²) in [6.07, 6.45) is 1.57. The molecular weight excluding hydrogens is 496 g/mol. The SMILES string of the molecule is COc1cccc(OC)c1/C(O)=C1\C(=O)C(=O)N(c2ccc(OCc3ccccc3)cc2)C1c1ccccn1. The molecule has 39 heavy (non-hydrogen) atoms. The minimum Gasteiger partial charge on any atom is -0.506 e. The minimum atomic E-state index is -0.989. The summed E-state index contributed by atoms with van der Waals surface area (Å²) < 4.78 is 16.8. The zero-order valence-electron chi connectivity index (χ0n) is 21.4. The van der Waals surface area contributed by atoms with E-state index in [1.165, 1.54) is 19.1 Å². The number of hydrogen-bond donors (Lipinski definition) is 1. The van der Waals surface area contributed by atoms with Crippen LogP contribution in [0.25, 0.3) is 5.76 Å². The number of rotatable bonds is 8. The van der Waals surface area contributed by atoms with Gasteiger partial charge in [-0.3, -0.25) is 19.5 Å². The number of nitrogens with zero attached hydrogens (tertiary/aromatic N) is 2. The average molecular weight is 523 g/mol. The molecule has 1 unspecified atom stereocenters. The molecule has 0 spiro atoms. The predicted molar refractivity (Wildman–Crippen MR) is 146 cm³/mol. The molecule has 1 atom stereocenters. The molecule has 1 aromatic heterocycles. The van der Waals surface area contributed by atoms with E-state index < -0.39 is 23.5 Å². The summed E-state index contributed by atoms with van der Waals surface area (Å²) in [5.41, 5.74) is 1.94. The van der Waals surface area contributed by atoms with E-state index in [2.05, 4.69) is 4.98 Å². The van der Waals surface area contributed by atoms with Crippen LogP contribution in [-0.4, -0.2) is 36.0 Å². The molecule has 3 aromatic carbocycles. The first-order valence-corrected chi connectivity index (χ1v) is 12.2. The number of carbonyl (C=O) groups is 2. The minimum absolute atomic E-state index is 0.120. The molecule has 4 aromatic rings. The first-order chi connectivity index (χ1) is 19.0. The lowest BCUT2D eigenvalue weighted by atomic mass is 9.97. The molecule has 1 aliphatic rings. The van der Waals surface area contributed by atoms with E-state index in [4.69, 9.17) is 14.2 Å². The Bertz CT molecular complexity index is 1500. The van der Waals surface area contributed by atoms with E-state index in [9.17, 15) is 14.7 Å². The van der Waals surface area contributed by atoms with Crippen molar-refractivity contribution in [1.82, 2.24) is 4.98 Å². The number of ketones is 1. The average Bonchev–Trinajstić information content (AvgIpc) is 3.26. The van der Waals surface area contributed by atoms with Crippen LogP contribution in [0.4, 0.5) is 5.69 Å². The quantitative estimate of drug-likeness (QED) is 0.190. The summed E-state index contributed by atoms with van der Waals surface area (Å²) in [4.78, 5) is 32.7. The highest BCUT2D eigenvalue weighted by Crippen LogP contribution is 2.44. The molecule has 196 valence electrons. The van der Waals surface area contributed by atoms with Crippen molar-refractivity contribution in [2.75, 3.05) is 19.1 Å². The number of aromatic nitrogens is 1. The maximum atomic E-state index is 13.5. The van der Waals surface area contributed by atoms with Crippen LogP contribution >= 0.6 is 0 Å². The van der Waals surface area contributed by atoms with Gasteiger partial charge in [0.2, 0.25) is 0 Å². The molecule has 8 nitrogen and oxygen atoms in total. The van der Waals surface area contributed by atoms with Gasteiger partial charge in [-0.2, -0.15) is 0 Å². The fraction of sp³-hybridized carbons (Fsp3) is 0.129. The van der Waals surface area contributed by atoms with Gasteiger partial charge in [0.1, 0.15) is 41.2 Å². The number of amides is 1. The Kier molecular flexibility index (Phi) is 7.27. The van der Waals surface area contributed by atoms with E-state index in [0.29, 0.717) is 23.7 Å². The predicted octanol–water partition coefficient (Wildman–Crippen LogP) is 5.30. The Hall–Kier alpha value is -5.11. The summed E-state index contributed by atoms with van der Waals surface area (Å²) >= 11 is 0. The van der Waals surface area contributed by atoms with Crippen LogP contribution in [0.2, 0.25) is 0 Å². The van der Waals surface area contributed by atoms with Crippen molar-refractivity contribution >= 4 is 23.1 Å².